The number of anilines is 3. The number of nitrogens with one attached hydrogen (secondary N) is 2. The number of H-pyrrole nitrogens is 1. The Morgan fingerprint density at radius 2 is 1.87 bits per heavy atom. The first-order chi connectivity index (χ1) is 14.7. The van der Waals surface area contributed by atoms with Gasteiger partial charge in [0, 0.05) is 24.0 Å². The van der Waals surface area contributed by atoms with Gasteiger partial charge in [-0.3, -0.25) is 14.9 Å². The zero-order valence-corrected chi connectivity index (χ0v) is 16.5. The highest BCUT2D eigenvalue weighted by atomic mass is 16.5. The number of aromatic nitrogens is 2. The lowest BCUT2D eigenvalue weighted by molar-refractivity contribution is 0.0706. The molecule has 0 radical (unpaired) electrons. The number of carbonyl (C=O) groups excluding carboxylic acids is 1. The summed E-state index contributed by atoms with van der Waals surface area (Å²) in [6, 6.07) is 23.0. The molecular formula is C23H22N4O3. The molecule has 4 rings (SSSR count). The van der Waals surface area contributed by atoms with Crippen LogP contribution in [0.1, 0.15) is 15.9 Å². The van der Waals surface area contributed by atoms with Crippen molar-refractivity contribution in [2.75, 3.05) is 18.6 Å². The topological polar surface area (TPSA) is 90.5 Å². The minimum atomic E-state index is -0.557. The number of rotatable bonds is 7. The SMILES string of the molecule is COCCc1cccc(N(c2ccc(C(=O)NO)cc2)c2nc3ccccc3[nH]2)c1. The highest BCUT2D eigenvalue weighted by Crippen LogP contribution is 2.34. The van der Waals surface area contributed by atoms with Crippen LogP contribution in [-0.4, -0.2) is 34.8 Å². The van der Waals surface area contributed by atoms with Gasteiger partial charge in [0.2, 0.25) is 5.95 Å². The molecule has 0 aliphatic carbocycles. The molecule has 0 unspecified atom stereocenters. The number of carbonyl (C=O) groups is 1. The van der Waals surface area contributed by atoms with E-state index < -0.39 is 5.91 Å². The van der Waals surface area contributed by atoms with E-state index in [2.05, 4.69) is 17.1 Å². The number of aromatic amines is 1. The lowest BCUT2D eigenvalue weighted by Gasteiger charge is -2.23. The van der Waals surface area contributed by atoms with Crippen LogP contribution in [0.15, 0.2) is 72.8 Å². The number of fused-ring (bicyclic) bond motifs is 1. The molecule has 0 spiro atoms. The Bertz CT molecular complexity index is 1120. The van der Waals surface area contributed by atoms with Crippen LogP contribution in [-0.2, 0) is 11.2 Å². The largest absolute Gasteiger partial charge is 0.384 e. The Morgan fingerprint density at radius 1 is 1.07 bits per heavy atom. The van der Waals surface area contributed by atoms with E-state index in [1.165, 1.54) is 0 Å². The summed E-state index contributed by atoms with van der Waals surface area (Å²) >= 11 is 0. The summed E-state index contributed by atoms with van der Waals surface area (Å²) in [4.78, 5) is 21.8. The third-order valence-corrected chi connectivity index (χ3v) is 4.84. The molecule has 3 aromatic carbocycles. The van der Waals surface area contributed by atoms with Gasteiger partial charge in [0.25, 0.3) is 5.91 Å². The quantitative estimate of drug-likeness (QED) is 0.316. The number of methoxy groups -OCH3 is 1. The lowest BCUT2D eigenvalue weighted by Crippen LogP contribution is -2.18. The number of nitrogens with zero attached hydrogens (tertiary/aromatic N) is 2. The van der Waals surface area contributed by atoms with Crippen LogP contribution in [0.5, 0.6) is 0 Å². The third kappa shape index (κ3) is 4.03. The Morgan fingerprint density at radius 3 is 2.60 bits per heavy atom. The molecule has 1 aromatic heterocycles. The number of benzene rings is 3. The second-order valence-electron chi connectivity index (χ2n) is 6.81. The van der Waals surface area contributed by atoms with Gasteiger partial charge in [0.05, 0.1) is 17.6 Å². The molecule has 0 aliphatic rings. The van der Waals surface area contributed by atoms with E-state index in [4.69, 9.17) is 14.9 Å². The van der Waals surface area contributed by atoms with Crippen molar-refractivity contribution in [2.45, 2.75) is 6.42 Å². The van der Waals surface area contributed by atoms with Crippen LogP contribution in [0.2, 0.25) is 0 Å². The van der Waals surface area contributed by atoms with Crippen LogP contribution in [0.25, 0.3) is 11.0 Å². The first kappa shape index (κ1) is 19.6. The fourth-order valence-electron chi connectivity index (χ4n) is 3.34. The van der Waals surface area contributed by atoms with Gasteiger partial charge in [-0.25, -0.2) is 10.5 Å². The van der Waals surface area contributed by atoms with Crippen molar-refractivity contribution in [1.82, 2.24) is 15.4 Å². The van der Waals surface area contributed by atoms with Crippen LogP contribution in [0.4, 0.5) is 17.3 Å². The lowest BCUT2D eigenvalue weighted by atomic mass is 10.1. The maximum atomic E-state index is 11.7. The number of ether oxygens (including phenoxy) is 1. The Kier molecular flexibility index (Phi) is 5.74. The molecule has 0 saturated heterocycles. The molecule has 0 atom stereocenters. The van der Waals surface area contributed by atoms with Crippen molar-refractivity contribution in [3.05, 3.63) is 83.9 Å². The van der Waals surface area contributed by atoms with Gasteiger partial charge in [-0.15, -0.1) is 0 Å². The zero-order chi connectivity index (χ0) is 20.9. The molecular weight excluding hydrogens is 380 g/mol. The van der Waals surface area contributed by atoms with Crippen LogP contribution < -0.4 is 10.4 Å². The average Bonchev–Trinajstić information content (AvgIpc) is 3.21. The van der Waals surface area contributed by atoms with Gasteiger partial charge in [0.15, 0.2) is 0 Å². The summed E-state index contributed by atoms with van der Waals surface area (Å²) in [7, 11) is 1.69. The number of hydrogen-bond acceptors (Lipinski definition) is 5. The minimum absolute atomic E-state index is 0.361. The molecule has 7 heteroatoms. The molecule has 0 aliphatic heterocycles. The van der Waals surface area contributed by atoms with E-state index in [1.54, 1.807) is 24.7 Å². The predicted octanol–water partition coefficient (Wildman–Crippen LogP) is 4.34. The summed E-state index contributed by atoms with van der Waals surface area (Å²) in [5.41, 5.74) is 6.72. The molecule has 7 nitrogen and oxygen atoms in total. The van der Waals surface area contributed by atoms with Crippen molar-refractivity contribution in [2.24, 2.45) is 0 Å². The van der Waals surface area contributed by atoms with Crippen molar-refractivity contribution in [3.63, 3.8) is 0 Å². The van der Waals surface area contributed by atoms with E-state index in [1.807, 2.05) is 53.4 Å². The first-order valence-electron chi connectivity index (χ1n) is 9.57. The average molecular weight is 402 g/mol. The van der Waals surface area contributed by atoms with Gasteiger partial charge in [0.1, 0.15) is 0 Å². The van der Waals surface area contributed by atoms with Gasteiger partial charge >= 0.3 is 0 Å². The summed E-state index contributed by atoms with van der Waals surface area (Å²) < 4.78 is 5.21. The maximum absolute atomic E-state index is 11.7. The first-order valence-corrected chi connectivity index (χ1v) is 9.57. The number of hydroxylamine groups is 1. The van der Waals surface area contributed by atoms with Crippen LogP contribution in [0.3, 0.4) is 0 Å². The molecule has 1 heterocycles. The van der Waals surface area contributed by atoms with E-state index in [0.29, 0.717) is 18.1 Å². The second-order valence-corrected chi connectivity index (χ2v) is 6.81. The molecule has 3 N–H and O–H groups in total. The van der Waals surface area contributed by atoms with Gasteiger partial charge in [-0.1, -0.05) is 24.3 Å². The fourth-order valence-corrected chi connectivity index (χ4v) is 3.34. The minimum Gasteiger partial charge on any atom is -0.384 e. The van der Waals surface area contributed by atoms with Crippen molar-refractivity contribution in [3.8, 4) is 0 Å². The van der Waals surface area contributed by atoms with Gasteiger partial charge in [-0.05, 0) is 60.5 Å². The molecule has 4 aromatic rings. The van der Waals surface area contributed by atoms with Crippen LogP contribution in [0, 0.1) is 0 Å². The van der Waals surface area contributed by atoms with E-state index in [9.17, 15) is 4.79 Å². The molecule has 152 valence electrons. The van der Waals surface area contributed by atoms with Gasteiger partial charge < -0.3 is 9.72 Å². The summed E-state index contributed by atoms with van der Waals surface area (Å²) in [5, 5.41) is 8.87. The highest BCUT2D eigenvalue weighted by molar-refractivity contribution is 5.94. The van der Waals surface area contributed by atoms with Crippen molar-refractivity contribution >= 4 is 34.3 Å². The monoisotopic (exact) mass is 402 g/mol. The third-order valence-electron chi connectivity index (χ3n) is 4.84. The van der Waals surface area contributed by atoms with E-state index in [0.717, 1.165) is 34.4 Å². The Labute approximate surface area is 173 Å². The molecule has 1 amide bonds. The Hall–Kier alpha value is -3.68. The second kappa shape index (κ2) is 8.77. The number of hydrogen-bond donors (Lipinski definition) is 3. The van der Waals surface area contributed by atoms with Crippen molar-refractivity contribution < 1.29 is 14.7 Å². The fraction of sp³-hybridized carbons (Fsp3) is 0.130. The summed E-state index contributed by atoms with van der Waals surface area (Å²) in [5.74, 6) is 0.109. The van der Waals surface area contributed by atoms with E-state index in [-0.39, 0.29) is 0 Å². The molecule has 30 heavy (non-hydrogen) atoms. The van der Waals surface area contributed by atoms with Gasteiger partial charge in [-0.2, -0.15) is 0 Å². The normalized spacial score (nSPS) is 10.9. The smallest absolute Gasteiger partial charge is 0.274 e. The number of imidazole rings is 1. The Balaban J connectivity index is 1.79. The standard InChI is InChI=1S/C23H22N4O3/c1-30-14-13-16-5-4-6-19(15-16)27(18-11-9-17(10-12-18)22(28)26-29)23-24-20-7-2-3-8-21(20)25-23/h2-12,15,29H,13-14H2,1H3,(H,24,25)(H,26,28). The van der Waals surface area contributed by atoms with Crippen molar-refractivity contribution in [1.29, 1.82) is 0 Å². The predicted molar refractivity (Wildman–Crippen MR) is 116 cm³/mol. The maximum Gasteiger partial charge on any atom is 0.274 e. The van der Waals surface area contributed by atoms with E-state index >= 15 is 0 Å². The summed E-state index contributed by atoms with van der Waals surface area (Å²) in [6.07, 6.45) is 0.800. The zero-order valence-electron chi connectivity index (χ0n) is 16.5. The molecule has 0 fully saturated rings. The molecule has 0 saturated carbocycles. The molecule has 0 bridgehead atoms. The summed E-state index contributed by atoms with van der Waals surface area (Å²) in [6.45, 7) is 0.638. The highest BCUT2D eigenvalue weighted by Gasteiger charge is 2.17. The number of para-hydroxylation sites is 2. The van der Waals surface area contributed by atoms with Crippen LogP contribution >= 0.6 is 0 Å². The number of amides is 1.